The zero-order valence-corrected chi connectivity index (χ0v) is 17.2. The Balaban J connectivity index is 1.29. The molecule has 2 aliphatic heterocycles. The maximum Gasteiger partial charge on any atom is 0.234 e. The fraction of sp³-hybridized carbons (Fsp3) is 0.591. The number of benzene rings is 1. The van der Waals surface area contributed by atoms with Crippen LogP contribution in [0.4, 0.5) is 8.78 Å². The number of rotatable bonds is 6. The van der Waals surface area contributed by atoms with Gasteiger partial charge in [0.15, 0.2) is 0 Å². The van der Waals surface area contributed by atoms with Crippen molar-refractivity contribution in [3.63, 3.8) is 0 Å². The van der Waals surface area contributed by atoms with Crippen LogP contribution in [0.3, 0.4) is 0 Å². The van der Waals surface area contributed by atoms with Gasteiger partial charge in [0, 0.05) is 37.5 Å². The van der Waals surface area contributed by atoms with E-state index in [1.54, 1.807) is 0 Å². The Morgan fingerprint density at radius 1 is 1.10 bits per heavy atom. The molecule has 2 aromatic rings. The first-order chi connectivity index (χ1) is 14.6. The van der Waals surface area contributed by atoms with Crippen LogP contribution >= 0.6 is 0 Å². The SMILES string of the molecule is O=C(CN1CCCC(c2nnc3n2CCCCC3)C1)NCCc1c(F)cccc1F. The number of hydrogen-bond donors (Lipinski definition) is 1. The van der Waals surface area contributed by atoms with Crippen molar-refractivity contribution in [1.29, 1.82) is 0 Å². The molecule has 0 radical (unpaired) electrons. The fourth-order valence-corrected chi connectivity index (χ4v) is 4.58. The van der Waals surface area contributed by atoms with E-state index in [4.69, 9.17) is 0 Å². The Morgan fingerprint density at radius 2 is 1.93 bits per heavy atom. The third-order valence-corrected chi connectivity index (χ3v) is 6.13. The first kappa shape index (κ1) is 20.9. The summed E-state index contributed by atoms with van der Waals surface area (Å²) in [7, 11) is 0. The first-order valence-corrected chi connectivity index (χ1v) is 11.0. The Morgan fingerprint density at radius 3 is 2.77 bits per heavy atom. The number of halogens is 2. The Bertz CT molecular complexity index is 864. The molecule has 30 heavy (non-hydrogen) atoms. The highest BCUT2D eigenvalue weighted by molar-refractivity contribution is 5.78. The van der Waals surface area contributed by atoms with Gasteiger partial charge in [0.1, 0.15) is 23.3 Å². The van der Waals surface area contributed by atoms with Gasteiger partial charge in [-0.05, 0) is 50.8 Å². The quantitative estimate of drug-likeness (QED) is 0.785. The molecule has 162 valence electrons. The van der Waals surface area contributed by atoms with E-state index in [2.05, 4.69) is 25.0 Å². The van der Waals surface area contributed by atoms with Gasteiger partial charge in [-0.3, -0.25) is 9.69 Å². The maximum atomic E-state index is 13.7. The lowest BCUT2D eigenvalue weighted by Crippen LogP contribution is -2.42. The van der Waals surface area contributed by atoms with Gasteiger partial charge in [0.05, 0.1) is 6.54 Å². The van der Waals surface area contributed by atoms with Gasteiger partial charge >= 0.3 is 0 Å². The number of fused-ring (bicyclic) bond motifs is 1. The maximum absolute atomic E-state index is 13.7. The molecule has 1 aromatic heterocycles. The summed E-state index contributed by atoms with van der Waals surface area (Å²) < 4.78 is 29.7. The number of amides is 1. The van der Waals surface area contributed by atoms with Gasteiger partial charge in [-0.2, -0.15) is 0 Å². The van der Waals surface area contributed by atoms with Crippen molar-refractivity contribution >= 4 is 5.91 Å². The predicted octanol–water partition coefficient (Wildman–Crippen LogP) is 2.82. The Labute approximate surface area is 175 Å². The van der Waals surface area contributed by atoms with E-state index < -0.39 is 11.6 Å². The lowest BCUT2D eigenvalue weighted by Gasteiger charge is -2.31. The molecule has 0 aliphatic carbocycles. The van der Waals surface area contributed by atoms with Crippen molar-refractivity contribution in [2.24, 2.45) is 0 Å². The van der Waals surface area contributed by atoms with Crippen LogP contribution in [0.15, 0.2) is 18.2 Å². The van der Waals surface area contributed by atoms with E-state index in [0.29, 0.717) is 5.92 Å². The van der Waals surface area contributed by atoms with Crippen LogP contribution in [-0.4, -0.2) is 51.8 Å². The van der Waals surface area contributed by atoms with Crippen molar-refractivity contribution in [3.8, 4) is 0 Å². The number of aromatic nitrogens is 3. The molecule has 1 fully saturated rings. The molecule has 1 saturated heterocycles. The number of likely N-dealkylation sites (tertiary alicyclic amines) is 1. The third-order valence-electron chi connectivity index (χ3n) is 6.13. The summed E-state index contributed by atoms with van der Waals surface area (Å²) in [5.41, 5.74) is 0.0170. The molecule has 1 N–H and O–H groups in total. The summed E-state index contributed by atoms with van der Waals surface area (Å²) in [6.07, 6.45) is 6.78. The van der Waals surface area contributed by atoms with Gasteiger partial charge in [-0.15, -0.1) is 10.2 Å². The van der Waals surface area contributed by atoms with Gasteiger partial charge in [0.2, 0.25) is 5.91 Å². The van der Waals surface area contributed by atoms with Crippen molar-refractivity contribution in [2.75, 3.05) is 26.2 Å². The predicted molar refractivity (Wildman–Crippen MR) is 109 cm³/mol. The number of nitrogens with one attached hydrogen (secondary N) is 1. The molecule has 1 amide bonds. The summed E-state index contributed by atoms with van der Waals surface area (Å²) in [5, 5.41) is 11.7. The monoisotopic (exact) mass is 417 g/mol. The van der Waals surface area contributed by atoms with E-state index in [-0.39, 0.29) is 31.0 Å². The number of hydrogen-bond acceptors (Lipinski definition) is 4. The lowest BCUT2D eigenvalue weighted by molar-refractivity contribution is -0.122. The van der Waals surface area contributed by atoms with Gasteiger partial charge in [0.25, 0.3) is 0 Å². The standard InChI is InChI=1S/C22H29F2N5O/c23-18-7-4-8-19(24)17(18)10-11-25-21(30)15-28-12-5-6-16(14-28)22-27-26-20-9-2-1-3-13-29(20)22/h4,7-8,16H,1-3,5-6,9-15H2,(H,25,30). The zero-order chi connectivity index (χ0) is 20.9. The van der Waals surface area contributed by atoms with Crippen LogP contribution in [0.1, 0.15) is 55.2 Å². The number of aryl methyl sites for hydroxylation is 1. The van der Waals surface area contributed by atoms with Crippen LogP contribution in [-0.2, 0) is 24.2 Å². The largest absolute Gasteiger partial charge is 0.355 e. The molecule has 8 heteroatoms. The average Bonchev–Trinajstić information content (AvgIpc) is 2.99. The number of carbonyl (C=O) groups excluding carboxylic acids is 1. The van der Waals surface area contributed by atoms with Gasteiger partial charge < -0.3 is 9.88 Å². The highest BCUT2D eigenvalue weighted by Gasteiger charge is 2.28. The number of nitrogens with zero attached hydrogens (tertiary/aromatic N) is 4. The molecule has 2 aliphatic rings. The molecule has 1 atom stereocenters. The summed E-state index contributed by atoms with van der Waals surface area (Å²) in [6, 6.07) is 3.81. The van der Waals surface area contributed by atoms with E-state index in [1.807, 2.05) is 0 Å². The zero-order valence-electron chi connectivity index (χ0n) is 17.2. The average molecular weight is 418 g/mol. The second-order valence-electron chi connectivity index (χ2n) is 8.31. The van der Waals surface area contributed by atoms with Crippen molar-refractivity contribution in [3.05, 3.63) is 47.0 Å². The molecule has 6 nitrogen and oxygen atoms in total. The van der Waals surface area contributed by atoms with Gasteiger partial charge in [-0.1, -0.05) is 12.5 Å². The summed E-state index contributed by atoms with van der Waals surface area (Å²) in [5.74, 6) is 1.18. The van der Waals surface area contributed by atoms with Crippen LogP contribution in [0.25, 0.3) is 0 Å². The first-order valence-electron chi connectivity index (χ1n) is 11.0. The molecule has 0 spiro atoms. The normalized spacial score (nSPS) is 19.9. The van der Waals surface area contributed by atoms with Crippen LogP contribution in [0, 0.1) is 11.6 Å². The van der Waals surface area contributed by atoms with Crippen molar-refractivity contribution < 1.29 is 13.6 Å². The molecule has 3 heterocycles. The second-order valence-corrected chi connectivity index (χ2v) is 8.31. The van der Waals surface area contributed by atoms with E-state index in [0.717, 1.165) is 50.5 Å². The van der Waals surface area contributed by atoms with Crippen molar-refractivity contribution in [1.82, 2.24) is 25.0 Å². The smallest absolute Gasteiger partial charge is 0.234 e. The molecular formula is C22H29F2N5O. The Kier molecular flexibility index (Phi) is 6.72. The van der Waals surface area contributed by atoms with E-state index in [1.165, 1.54) is 37.5 Å². The van der Waals surface area contributed by atoms with Crippen LogP contribution in [0.2, 0.25) is 0 Å². The number of carbonyl (C=O) groups is 1. The van der Waals surface area contributed by atoms with Crippen molar-refractivity contribution in [2.45, 2.75) is 57.4 Å². The lowest BCUT2D eigenvalue weighted by atomic mass is 9.97. The van der Waals surface area contributed by atoms with E-state index >= 15 is 0 Å². The molecular weight excluding hydrogens is 388 g/mol. The molecule has 0 saturated carbocycles. The van der Waals surface area contributed by atoms with Crippen LogP contribution < -0.4 is 5.32 Å². The van der Waals surface area contributed by atoms with E-state index in [9.17, 15) is 13.6 Å². The highest BCUT2D eigenvalue weighted by atomic mass is 19.1. The summed E-state index contributed by atoms with van der Waals surface area (Å²) in [4.78, 5) is 14.5. The minimum atomic E-state index is -0.574. The second kappa shape index (κ2) is 9.64. The highest BCUT2D eigenvalue weighted by Crippen LogP contribution is 2.27. The third kappa shape index (κ3) is 4.86. The minimum Gasteiger partial charge on any atom is -0.355 e. The topological polar surface area (TPSA) is 63.1 Å². The number of piperidine rings is 1. The summed E-state index contributed by atoms with van der Waals surface area (Å²) in [6.45, 7) is 3.14. The van der Waals surface area contributed by atoms with Gasteiger partial charge in [-0.25, -0.2) is 8.78 Å². The minimum absolute atomic E-state index is 0.0170. The van der Waals surface area contributed by atoms with Crippen LogP contribution in [0.5, 0.6) is 0 Å². The summed E-state index contributed by atoms with van der Waals surface area (Å²) >= 11 is 0. The Hall–Kier alpha value is -2.35. The molecule has 1 aromatic carbocycles. The fourth-order valence-electron chi connectivity index (χ4n) is 4.58. The molecule has 1 unspecified atom stereocenters. The molecule has 4 rings (SSSR count). The molecule has 0 bridgehead atoms.